The summed E-state index contributed by atoms with van der Waals surface area (Å²) in [6, 6.07) is 26.6. The van der Waals surface area contributed by atoms with Crippen molar-refractivity contribution in [1.82, 2.24) is 15.2 Å². The van der Waals surface area contributed by atoms with E-state index in [-0.39, 0.29) is 5.56 Å². The molecule has 0 saturated carbocycles. The fourth-order valence-corrected chi connectivity index (χ4v) is 4.11. The fourth-order valence-electron chi connectivity index (χ4n) is 4.11. The molecule has 7 nitrogen and oxygen atoms in total. The molecule has 0 atom stereocenters. The van der Waals surface area contributed by atoms with Crippen LogP contribution in [0, 0.1) is 0 Å². The third-order valence-corrected chi connectivity index (χ3v) is 5.73. The molecule has 3 aromatic carbocycles. The topological polar surface area (TPSA) is 89.2 Å². The smallest absolute Gasteiger partial charge is 0.349 e. The fraction of sp³-hybridized carbons (Fsp3) is 0. The van der Waals surface area contributed by atoms with Crippen LogP contribution in [0.15, 0.2) is 106 Å². The van der Waals surface area contributed by atoms with Crippen LogP contribution in [-0.2, 0) is 0 Å². The Kier molecular flexibility index (Phi) is 4.59. The molecule has 6 rings (SSSR count). The lowest BCUT2D eigenvalue weighted by molar-refractivity contribution is 0.104. The molecule has 5 aromatic rings. The quantitative estimate of drug-likeness (QED) is 0.387. The zero-order valence-corrected chi connectivity index (χ0v) is 17.9. The van der Waals surface area contributed by atoms with Gasteiger partial charge >= 0.3 is 5.63 Å². The Labute approximate surface area is 193 Å². The summed E-state index contributed by atoms with van der Waals surface area (Å²) in [6.07, 6.45) is 3.27. The first kappa shape index (κ1) is 19.8. The summed E-state index contributed by atoms with van der Waals surface area (Å²) in [5, 5.41) is 5.45. The predicted octanol–water partition coefficient (Wildman–Crippen LogP) is 4.80. The third-order valence-electron chi connectivity index (χ3n) is 5.73. The first-order chi connectivity index (χ1) is 16.7. The van der Waals surface area contributed by atoms with Gasteiger partial charge in [0, 0.05) is 28.8 Å². The number of allylic oxidation sites excluding steroid dienone is 1. The molecule has 2 aromatic heterocycles. The summed E-state index contributed by atoms with van der Waals surface area (Å²) in [5.74, 6) is -0.450. The van der Waals surface area contributed by atoms with Crippen molar-refractivity contribution < 1.29 is 9.21 Å². The second kappa shape index (κ2) is 7.90. The molecular weight excluding hydrogens is 428 g/mol. The van der Waals surface area contributed by atoms with Gasteiger partial charge in [-0.25, -0.2) is 9.48 Å². The molecule has 34 heavy (non-hydrogen) atoms. The molecule has 7 heteroatoms. The molecule has 0 radical (unpaired) electrons. The van der Waals surface area contributed by atoms with Gasteiger partial charge in [-0.05, 0) is 24.3 Å². The molecule has 0 amide bonds. The van der Waals surface area contributed by atoms with E-state index in [1.807, 2.05) is 72.9 Å². The van der Waals surface area contributed by atoms with Crippen molar-refractivity contribution in [2.75, 3.05) is 5.43 Å². The van der Waals surface area contributed by atoms with Crippen molar-refractivity contribution in [3.63, 3.8) is 0 Å². The largest absolute Gasteiger partial charge is 0.422 e. The Morgan fingerprint density at radius 3 is 2.29 bits per heavy atom. The van der Waals surface area contributed by atoms with E-state index in [0.29, 0.717) is 33.6 Å². The lowest BCUT2D eigenvalue weighted by Crippen LogP contribution is -2.21. The van der Waals surface area contributed by atoms with Crippen LogP contribution in [0.2, 0.25) is 0 Å². The highest BCUT2D eigenvalue weighted by Gasteiger charge is 2.25. The molecule has 0 bridgehead atoms. The van der Waals surface area contributed by atoms with Gasteiger partial charge in [0.05, 0.1) is 17.1 Å². The first-order valence-corrected chi connectivity index (χ1v) is 10.7. The average Bonchev–Trinajstić information content (AvgIpc) is 3.24. The molecule has 0 unspecified atom stereocenters. The van der Waals surface area contributed by atoms with E-state index in [4.69, 9.17) is 9.52 Å². The standard InChI is InChI=1S/C27H18N4O3/c32-22-15-21(28-29-26-19-13-7-8-14-23(19)34-27(33)24(22)26)20-16-31(18-11-5-2-6-12-18)30-25(20)17-9-3-1-4-10-17/h1-16,28-29H. The van der Waals surface area contributed by atoms with Crippen LogP contribution >= 0.6 is 0 Å². The van der Waals surface area contributed by atoms with Crippen LogP contribution in [0.5, 0.6) is 0 Å². The number of fused-ring (bicyclic) bond motifs is 3. The molecule has 1 aliphatic heterocycles. The number of hydrazine groups is 1. The minimum Gasteiger partial charge on any atom is -0.422 e. The monoisotopic (exact) mass is 446 g/mol. The molecule has 0 fully saturated rings. The van der Waals surface area contributed by atoms with Gasteiger partial charge in [0.25, 0.3) is 0 Å². The van der Waals surface area contributed by atoms with Gasteiger partial charge in [0.15, 0.2) is 5.78 Å². The van der Waals surface area contributed by atoms with Crippen LogP contribution in [0.1, 0.15) is 15.9 Å². The number of anilines is 1. The number of benzene rings is 3. The Bertz CT molecular complexity index is 1630. The molecule has 2 N–H and O–H groups in total. The summed E-state index contributed by atoms with van der Waals surface area (Å²) in [6.45, 7) is 0. The maximum atomic E-state index is 13.2. The van der Waals surface area contributed by atoms with Gasteiger partial charge in [-0.3, -0.25) is 15.6 Å². The predicted molar refractivity (Wildman–Crippen MR) is 131 cm³/mol. The van der Waals surface area contributed by atoms with Crippen molar-refractivity contribution >= 4 is 28.1 Å². The van der Waals surface area contributed by atoms with Gasteiger partial charge in [0.1, 0.15) is 16.8 Å². The van der Waals surface area contributed by atoms with Crippen LogP contribution in [0.3, 0.4) is 0 Å². The summed E-state index contributed by atoms with van der Waals surface area (Å²) < 4.78 is 7.16. The summed E-state index contributed by atoms with van der Waals surface area (Å²) in [5.41, 5.74) is 9.95. The van der Waals surface area contributed by atoms with Crippen molar-refractivity contribution in [2.24, 2.45) is 0 Å². The van der Waals surface area contributed by atoms with Gasteiger partial charge in [-0.1, -0.05) is 60.7 Å². The van der Waals surface area contributed by atoms with Gasteiger partial charge in [-0.2, -0.15) is 5.10 Å². The zero-order valence-electron chi connectivity index (χ0n) is 17.9. The van der Waals surface area contributed by atoms with Gasteiger partial charge in [-0.15, -0.1) is 0 Å². The number of hydrogen-bond donors (Lipinski definition) is 2. The highest BCUT2D eigenvalue weighted by molar-refractivity contribution is 6.16. The van der Waals surface area contributed by atoms with Crippen molar-refractivity contribution in [3.8, 4) is 16.9 Å². The van der Waals surface area contributed by atoms with E-state index in [9.17, 15) is 9.59 Å². The van der Waals surface area contributed by atoms with E-state index in [2.05, 4.69) is 10.9 Å². The molecule has 0 aliphatic carbocycles. The SMILES string of the molecule is O=C1C=C(c2cn(-c3ccccc3)nc2-c2ccccc2)NNc2c1c(=O)oc1ccccc21. The minimum absolute atomic E-state index is 0.0436. The number of carbonyl (C=O) groups is 1. The normalized spacial score (nSPS) is 12.9. The number of para-hydroxylation sites is 2. The van der Waals surface area contributed by atoms with E-state index in [1.165, 1.54) is 6.08 Å². The van der Waals surface area contributed by atoms with Crippen molar-refractivity contribution in [2.45, 2.75) is 0 Å². The third kappa shape index (κ3) is 3.27. The maximum absolute atomic E-state index is 13.2. The van der Waals surface area contributed by atoms with Gasteiger partial charge in [0.2, 0.25) is 0 Å². The molecular formula is C27H18N4O3. The molecule has 0 saturated heterocycles. The Morgan fingerprint density at radius 1 is 0.794 bits per heavy atom. The highest BCUT2D eigenvalue weighted by Crippen LogP contribution is 2.32. The minimum atomic E-state index is -0.686. The average molecular weight is 446 g/mol. The van der Waals surface area contributed by atoms with Gasteiger partial charge < -0.3 is 4.42 Å². The first-order valence-electron chi connectivity index (χ1n) is 10.7. The summed E-state index contributed by atoms with van der Waals surface area (Å²) in [4.78, 5) is 25.9. The second-order valence-corrected chi connectivity index (χ2v) is 7.85. The number of nitrogens with one attached hydrogen (secondary N) is 2. The number of aromatic nitrogens is 2. The van der Waals surface area contributed by atoms with E-state index < -0.39 is 11.4 Å². The number of carbonyl (C=O) groups excluding carboxylic acids is 1. The zero-order chi connectivity index (χ0) is 23.1. The van der Waals surface area contributed by atoms with E-state index in [1.54, 1.807) is 22.9 Å². The van der Waals surface area contributed by atoms with Crippen LogP contribution < -0.4 is 16.5 Å². The summed E-state index contributed by atoms with van der Waals surface area (Å²) >= 11 is 0. The molecule has 1 aliphatic rings. The second-order valence-electron chi connectivity index (χ2n) is 7.85. The van der Waals surface area contributed by atoms with Crippen molar-refractivity contribution in [1.29, 1.82) is 0 Å². The number of hydrogen-bond acceptors (Lipinski definition) is 6. The Balaban J connectivity index is 1.51. The maximum Gasteiger partial charge on any atom is 0.349 e. The Hall–Kier alpha value is -4.91. The molecule has 164 valence electrons. The van der Waals surface area contributed by atoms with E-state index in [0.717, 1.165) is 11.3 Å². The van der Waals surface area contributed by atoms with Crippen LogP contribution in [0.25, 0.3) is 33.6 Å². The number of ketones is 1. The van der Waals surface area contributed by atoms with Crippen LogP contribution in [0.4, 0.5) is 5.69 Å². The highest BCUT2D eigenvalue weighted by atomic mass is 16.4. The number of rotatable bonds is 3. The lowest BCUT2D eigenvalue weighted by Gasteiger charge is -2.13. The van der Waals surface area contributed by atoms with Crippen LogP contribution in [-0.4, -0.2) is 15.6 Å². The summed E-state index contributed by atoms with van der Waals surface area (Å²) in [7, 11) is 0. The van der Waals surface area contributed by atoms with Crippen molar-refractivity contribution in [3.05, 3.63) is 119 Å². The Morgan fingerprint density at radius 2 is 1.50 bits per heavy atom. The number of nitrogens with zero attached hydrogens (tertiary/aromatic N) is 2. The molecule has 3 heterocycles. The lowest BCUT2D eigenvalue weighted by atomic mass is 10.0. The molecule has 0 spiro atoms. The van der Waals surface area contributed by atoms with E-state index >= 15 is 0 Å².